The molecule has 0 aromatic heterocycles. The number of hydrogen-bond donors (Lipinski definition) is 1. The lowest BCUT2D eigenvalue weighted by atomic mass is 9.41. The molecule has 31 heavy (non-hydrogen) atoms. The molecule has 3 nitrogen and oxygen atoms in total. The van der Waals surface area contributed by atoms with Crippen LogP contribution in [-0.2, 0) is 0 Å². The molecule has 0 radical (unpaired) electrons. The summed E-state index contributed by atoms with van der Waals surface area (Å²) in [7, 11) is 9.01. The Hall–Kier alpha value is -0.120. The van der Waals surface area contributed by atoms with E-state index in [0.29, 0.717) is 28.2 Å². The summed E-state index contributed by atoms with van der Waals surface area (Å²) >= 11 is 0. The summed E-state index contributed by atoms with van der Waals surface area (Å²) in [5.41, 5.74) is 2.14. The van der Waals surface area contributed by atoms with Crippen molar-refractivity contribution >= 4 is 0 Å². The number of aliphatic hydroxyl groups is 1. The van der Waals surface area contributed by atoms with Crippen molar-refractivity contribution in [2.75, 3.05) is 28.2 Å². The molecule has 0 bridgehead atoms. The quantitative estimate of drug-likeness (QED) is 0.660. The number of rotatable bonds is 3. The van der Waals surface area contributed by atoms with Crippen LogP contribution in [0.1, 0.15) is 86.0 Å². The van der Waals surface area contributed by atoms with Gasteiger partial charge >= 0.3 is 0 Å². The van der Waals surface area contributed by atoms with E-state index in [1.807, 2.05) is 0 Å². The molecule has 5 fully saturated rings. The highest BCUT2D eigenvalue weighted by Crippen LogP contribution is 2.89. The third kappa shape index (κ3) is 2.47. The van der Waals surface area contributed by atoms with Gasteiger partial charge in [-0.3, -0.25) is 0 Å². The van der Waals surface area contributed by atoms with E-state index in [0.717, 1.165) is 24.3 Å². The maximum atomic E-state index is 11.4. The third-order valence-corrected chi connectivity index (χ3v) is 13.1. The van der Waals surface area contributed by atoms with Crippen LogP contribution in [-0.4, -0.2) is 61.3 Å². The highest BCUT2D eigenvalue weighted by molar-refractivity contribution is 5.31. The standard InChI is InChI=1S/C28H50N2O/c1-18(29(6)7)23-19(31)16-26(5)21-11-10-20-24(2,3)22(30(8)9)12-13-27(20)17-28(21,27)15-14-25(23,26)4/h18-23,31H,10-17H2,1-9H3/t18-,19+,20?,21?,22?,23?,25?,26-,27?,28?/m0/s1. The van der Waals surface area contributed by atoms with E-state index in [1.165, 1.54) is 44.9 Å². The van der Waals surface area contributed by atoms with E-state index >= 15 is 0 Å². The zero-order valence-corrected chi connectivity index (χ0v) is 22.0. The van der Waals surface area contributed by atoms with Crippen molar-refractivity contribution in [3.05, 3.63) is 0 Å². The maximum Gasteiger partial charge on any atom is 0.0594 e. The Labute approximate surface area is 192 Å². The zero-order valence-electron chi connectivity index (χ0n) is 22.0. The molecule has 5 aliphatic rings. The molecule has 1 N–H and O–H groups in total. The first-order valence-corrected chi connectivity index (χ1v) is 13.3. The summed E-state index contributed by atoms with van der Waals surface area (Å²) in [6.45, 7) is 12.7. The molecule has 5 saturated carbocycles. The van der Waals surface area contributed by atoms with Gasteiger partial charge in [0.25, 0.3) is 0 Å². The van der Waals surface area contributed by atoms with E-state index in [1.54, 1.807) is 0 Å². The number of fused-ring (bicyclic) bond motifs is 2. The van der Waals surface area contributed by atoms with Crippen molar-refractivity contribution in [1.82, 2.24) is 9.80 Å². The molecule has 0 saturated heterocycles. The predicted octanol–water partition coefficient (Wildman–Crippen LogP) is 5.28. The fourth-order valence-corrected chi connectivity index (χ4v) is 11.6. The van der Waals surface area contributed by atoms with Gasteiger partial charge < -0.3 is 14.9 Å². The van der Waals surface area contributed by atoms with Gasteiger partial charge in [0.15, 0.2) is 0 Å². The van der Waals surface area contributed by atoms with Crippen LogP contribution in [0.2, 0.25) is 0 Å². The molecule has 0 heterocycles. The Morgan fingerprint density at radius 3 is 2.03 bits per heavy atom. The number of nitrogens with zero attached hydrogens (tertiary/aromatic N) is 2. The van der Waals surface area contributed by atoms with Crippen molar-refractivity contribution in [3.8, 4) is 0 Å². The van der Waals surface area contributed by atoms with E-state index in [4.69, 9.17) is 0 Å². The molecular formula is C28H50N2O. The van der Waals surface area contributed by atoms with Crippen molar-refractivity contribution < 1.29 is 5.11 Å². The summed E-state index contributed by atoms with van der Waals surface area (Å²) < 4.78 is 0. The lowest BCUT2D eigenvalue weighted by molar-refractivity contribution is -0.152. The van der Waals surface area contributed by atoms with Gasteiger partial charge in [0.2, 0.25) is 0 Å². The normalized spacial score (nSPS) is 55.9. The van der Waals surface area contributed by atoms with Crippen LogP contribution >= 0.6 is 0 Å². The summed E-state index contributed by atoms with van der Waals surface area (Å²) in [5, 5.41) is 11.4. The average molecular weight is 431 g/mol. The molecule has 0 amide bonds. The van der Waals surface area contributed by atoms with E-state index in [2.05, 4.69) is 72.6 Å². The van der Waals surface area contributed by atoms with Crippen LogP contribution in [0.5, 0.6) is 0 Å². The molecule has 2 spiro atoms. The second-order valence-electron chi connectivity index (χ2n) is 14.3. The lowest BCUT2D eigenvalue weighted by Crippen LogP contribution is -2.59. The largest absolute Gasteiger partial charge is 0.393 e. The van der Waals surface area contributed by atoms with Crippen LogP contribution in [0, 0.1) is 44.8 Å². The molecule has 178 valence electrons. The minimum atomic E-state index is -0.143. The molecule has 7 unspecified atom stereocenters. The van der Waals surface area contributed by atoms with Crippen molar-refractivity contribution in [2.45, 2.75) is 104 Å². The first-order valence-electron chi connectivity index (χ1n) is 13.3. The highest BCUT2D eigenvalue weighted by Gasteiger charge is 2.82. The first-order chi connectivity index (χ1) is 14.3. The highest BCUT2D eigenvalue weighted by atomic mass is 16.3. The van der Waals surface area contributed by atoms with Gasteiger partial charge in [-0.05, 0) is 125 Å². The molecule has 10 atom stereocenters. The maximum absolute atomic E-state index is 11.4. The minimum Gasteiger partial charge on any atom is -0.393 e. The molecule has 5 rings (SSSR count). The lowest BCUT2D eigenvalue weighted by Gasteiger charge is -2.64. The van der Waals surface area contributed by atoms with E-state index < -0.39 is 0 Å². The zero-order chi connectivity index (χ0) is 22.8. The van der Waals surface area contributed by atoms with Gasteiger partial charge in [-0.25, -0.2) is 0 Å². The van der Waals surface area contributed by atoms with Crippen molar-refractivity contribution in [3.63, 3.8) is 0 Å². The van der Waals surface area contributed by atoms with Crippen LogP contribution in [0.4, 0.5) is 0 Å². The summed E-state index contributed by atoms with van der Waals surface area (Å²) in [6.07, 6.45) is 10.8. The predicted molar refractivity (Wildman–Crippen MR) is 129 cm³/mol. The second kappa shape index (κ2) is 6.51. The molecule has 0 aromatic carbocycles. The molecule has 0 aliphatic heterocycles. The second-order valence-corrected chi connectivity index (χ2v) is 14.3. The Morgan fingerprint density at radius 1 is 0.806 bits per heavy atom. The Kier molecular flexibility index (Phi) is 4.76. The van der Waals surface area contributed by atoms with Crippen molar-refractivity contribution in [1.29, 1.82) is 0 Å². The third-order valence-electron chi connectivity index (χ3n) is 13.1. The molecule has 5 aliphatic carbocycles. The van der Waals surface area contributed by atoms with Gasteiger partial charge in [-0.15, -0.1) is 0 Å². The number of aliphatic hydroxyl groups excluding tert-OH is 1. The summed E-state index contributed by atoms with van der Waals surface area (Å²) in [4.78, 5) is 4.88. The number of hydrogen-bond acceptors (Lipinski definition) is 3. The fraction of sp³-hybridized carbons (Fsp3) is 1.00. The average Bonchev–Trinajstić information content (AvgIpc) is 3.26. The molecule has 3 heteroatoms. The van der Waals surface area contributed by atoms with Crippen LogP contribution in [0.25, 0.3) is 0 Å². The van der Waals surface area contributed by atoms with Crippen molar-refractivity contribution in [2.24, 2.45) is 44.8 Å². The van der Waals surface area contributed by atoms with E-state index in [-0.39, 0.29) is 16.9 Å². The first kappa shape index (κ1) is 22.7. The smallest absolute Gasteiger partial charge is 0.0594 e. The van der Waals surface area contributed by atoms with Gasteiger partial charge in [0.1, 0.15) is 0 Å². The van der Waals surface area contributed by atoms with E-state index in [9.17, 15) is 5.11 Å². The Balaban J connectivity index is 1.51. The van der Waals surface area contributed by atoms with Gasteiger partial charge in [-0.1, -0.05) is 27.7 Å². The monoisotopic (exact) mass is 430 g/mol. The van der Waals surface area contributed by atoms with Gasteiger partial charge in [-0.2, -0.15) is 0 Å². The Bertz CT molecular complexity index is 747. The summed E-state index contributed by atoms with van der Waals surface area (Å²) in [5.74, 6) is 2.10. The molecular weight excluding hydrogens is 380 g/mol. The van der Waals surface area contributed by atoms with Gasteiger partial charge in [0.05, 0.1) is 6.10 Å². The van der Waals surface area contributed by atoms with Gasteiger partial charge in [0, 0.05) is 18.0 Å². The summed E-state index contributed by atoms with van der Waals surface area (Å²) in [6, 6.07) is 1.16. The minimum absolute atomic E-state index is 0.143. The Morgan fingerprint density at radius 2 is 1.42 bits per heavy atom. The topological polar surface area (TPSA) is 26.7 Å². The SMILES string of the molecule is C[C@@H](C1[C@H](O)C[C@@]2(C)C3CCC4C(C)(C)C(N(C)C)CCC45CC35CCC12C)N(C)C. The van der Waals surface area contributed by atoms with Crippen LogP contribution in [0.15, 0.2) is 0 Å². The van der Waals surface area contributed by atoms with Crippen LogP contribution < -0.4 is 0 Å². The van der Waals surface area contributed by atoms with Crippen LogP contribution in [0.3, 0.4) is 0 Å². The molecule has 0 aromatic rings. The fourth-order valence-electron chi connectivity index (χ4n) is 11.6.